The van der Waals surface area contributed by atoms with Gasteiger partial charge in [-0.3, -0.25) is 14.3 Å². The summed E-state index contributed by atoms with van der Waals surface area (Å²) in [5, 5.41) is 28.7. The number of fused-ring (bicyclic) bond motifs is 1. The number of imidazole rings is 1. The van der Waals surface area contributed by atoms with Gasteiger partial charge in [-0.1, -0.05) is 0 Å². The maximum atomic E-state index is 11.7. The Morgan fingerprint density at radius 3 is 2.71 bits per heavy atom. The zero-order valence-corrected chi connectivity index (χ0v) is 11.2. The molecule has 3 heterocycles. The number of aromatic nitrogens is 4. The Morgan fingerprint density at radius 1 is 1.38 bits per heavy atom. The van der Waals surface area contributed by atoms with E-state index >= 15 is 0 Å². The van der Waals surface area contributed by atoms with Crippen LogP contribution in [0.15, 0.2) is 4.79 Å². The van der Waals surface area contributed by atoms with Crippen LogP contribution in [0.5, 0.6) is 0 Å². The standard InChI is InChI=1S/C10H12ClN5O5/c11-9-13-3-6(14-10(12)15-7(3)20)16(9)8-5(19)4(18)2(1-17)21-8/h2,4-5,8,17-19H,1H2,(H3,12,14,15,20)/t2-,4?,5?,8-/m1/s1. The number of ether oxygens (including phenoxy) is 1. The summed E-state index contributed by atoms with van der Waals surface area (Å²) in [6, 6.07) is 0. The van der Waals surface area contributed by atoms with Gasteiger partial charge in [0.15, 0.2) is 17.4 Å². The normalized spacial score (nSPS) is 29.3. The number of rotatable bonds is 2. The minimum absolute atomic E-state index is 0.0103. The second-order valence-corrected chi connectivity index (χ2v) is 4.94. The van der Waals surface area contributed by atoms with Gasteiger partial charge in [-0.05, 0) is 11.6 Å². The topological polar surface area (TPSA) is 160 Å². The van der Waals surface area contributed by atoms with Gasteiger partial charge in [0.1, 0.15) is 18.3 Å². The fourth-order valence-corrected chi connectivity index (χ4v) is 2.55. The number of halogens is 1. The average Bonchev–Trinajstić information content (AvgIpc) is 2.89. The summed E-state index contributed by atoms with van der Waals surface area (Å²) >= 11 is 5.96. The highest BCUT2D eigenvalue weighted by atomic mass is 35.5. The molecule has 1 aliphatic heterocycles. The monoisotopic (exact) mass is 317 g/mol. The molecule has 0 saturated carbocycles. The average molecular weight is 318 g/mol. The summed E-state index contributed by atoms with van der Waals surface area (Å²) in [6.07, 6.45) is -4.83. The fraction of sp³-hybridized carbons (Fsp3) is 0.500. The van der Waals surface area contributed by atoms with Crippen LogP contribution in [0.4, 0.5) is 5.95 Å². The molecule has 0 aromatic carbocycles. The molecule has 0 bridgehead atoms. The Hall–Kier alpha value is -1.72. The van der Waals surface area contributed by atoms with Gasteiger partial charge in [-0.2, -0.15) is 4.98 Å². The van der Waals surface area contributed by atoms with E-state index in [4.69, 9.17) is 27.2 Å². The van der Waals surface area contributed by atoms with Crippen molar-refractivity contribution in [2.24, 2.45) is 0 Å². The zero-order valence-electron chi connectivity index (χ0n) is 10.5. The first-order valence-corrected chi connectivity index (χ1v) is 6.37. The summed E-state index contributed by atoms with van der Waals surface area (Å²) in [7, 11) is 0. The number of hydrogen-bond acceptors (Lipinski definition) is 8. The number of anilines is 1. The lowest BCUT2D eigenvalue weighted by molar-refractivity contribution is -0.0509. The minimum Gasteiger partial charge on any atom is -0.394 e. The minimum atomic E-state index is -1.38. The van der Waals surface area contributed by atoms with Gasteiger partial charge in [0.2, 0.25) is 11.2 Å². The lowest BCUT2D eigenvalue weighted by Gasteiger charge is -2.17. The lowest BCUT2D eigenvalue weighted by atomic mass is 10.1. The first-order valence-electron chi connectivity index (χ1n) is 5.99. The first-order chi connectivity index (χ1) is 9.93. The largest absolute Gasteiger partial charge is 0.394 e. The van der Waals surface area contributed by atoms with Crippen molar-refractivity contribution in [3.05, 3.63) is 15.6 Å². The van der Waals surface area contributed by atoms with Crippen LogP contribution in [0, 0.1) is 0 Å². The SMILES string of the molecule is Nc1nc2c(nc(Cl)n2[C@@H]2O[C@H](CO)C(O)C2O)c(=O)[nH]1. The zero-order chi connectivity index (χ0) is 15.3. The molecule has 2 unspecified atom stereocenters. The van der Waals surface area contributed by atoms with Crippen LogP contribution >= 0.6 is 11.6 Å². The molecule has 2 aromatic heterocycles. The van der Waals surface area contributed by atoms with Gasteiger partial charge in [-0.25, -0.2) is 4.98 Å². The van der Waals surface area contributed by atoms with Gasteiger partial charge in [0.05, 0.1) is 6.61 Å². The van der Waals surface area contributed by atoms with Crippen LogP contribution < -0.4 is 11.3 Å². The summed E-state index contributed by atoms with van der Waals surface area (Å²) in [5.74, 6) is -0.155. The van der Waals surface area contributed by atoms with E-state index in [0.717, 1.165) is 4.57 Å². The van der Waals surface area contributed by atoms with Crippen LogP contribution in [0.1, 0.15) is 6.23 Å². The van der Waals surface area contributed by atoms with Crippen LogP contribution in [0.3, 0.4) is 0 Å². The quantitative estimate of drug-likeness (QED) is 0.396. The smallest absolute Gasteiger partial charge is 0.280 e. The van der Waals surface area contributed by atoms with Crippen molar-refractivity contribution in [1.82, 2.24) is 19.5 Å². The third-order valence-corrected chi connectivity index (χ3v) is 3.56. The number of H-pyrrole nitrogens is 1. The summed E-state index contributed by atoms with van der Waals surface area (Å²) in [6.45, 7) is -0.491. The molecule has 6 N–H and O–H groups in total. The molecule has 0 radical (unpaired) electrons. The number of aromatic amines is 1. The molecule has 4 atom stereocenters. The van der Waals surface area contributed by atoms with E-state index < -0.39 is 36.7 Å². The third-order valence-electron chi connectivity index (χ3n) is 3.30. The van der Waals surface area contributed by atoms with Crippen molar-refractivity contribution in [3.8, 4) is 0 Å². The number of nitrogen functional groups attached to an aromatic ring is 1. The lowest BCUT2D eigenvalue weighted by Crippen LogP contribution is -2.33. The van der Waals surface area contributed by atoms with E-state index in [1.807, 2.05) is 0 Å². The molecule has 0 aliphatic carbocycles. The Bertz CT molecular complexity index is 745. The van der Waals surface area contributed by atoms with Crippen LogP contribution in [-0.4, -0.2) is 59.8 Å². The highest BCUT2D eigenvalue weighted by Crippen LogP contribution is 2.33. The summed E-state index contributed by atoms with van der Waals surface area (Å²) < 4.78 is 6.49. The van der Waals surface area contributed by atoms with E-state index in [0.29, 0.717) is 0 Å². The van der Waals surface area contributed by atoms with Crippen LogP contribution in [0.25, 0.3) is 11.2 Å². The van der Waals surface area contributed by atoms with E-state index in [9.17, 15) is 15.0 Å². The molecule has 3 rings (SSSR count). The van der Waals surface area contributed by atoms with Gasteiger partial charge in [0, 0.05) is 0 Å². The van der Waals surface area contributed by atoms with E-state index in [1.54, 1.807) is 0 Å². The highest BCUT2D eigenvalue weighted by Gasteiger charge is 2.44. The summed E-state index contributed by atoms with van der Waals surface area (Å²) in [5.41, 5.74) is 4.81. The van der Waals surface area contributed by atoms with Crippen LogP contribution in [0.2, 0.25) is 5.28 Å². The van der Waals surface area contributed by atoms with E-state index in [-0.39, 0.29) is 22.4 Å². The fourth-order valence-electron chi connectivity index (χ4n) is 2.29. The molecule has 10 nitrogen and oxygen atoms in total. The molecular weight excluding hydrogens is 306 g/mol. The van der Waals surface area contributed by atoms with Gasteiger partial charge in [-0.15, -0.1) is 0 Å². The molecule has 1 fully saturated rings. The highest BCUT2D eigenvalue weighted by molar-refractivity contribution is 6.29. The Kier molecular flexibility index (Phi) is 3.34. The Morgan fingerprint density at radius 2 is 2.10 bits per heavy atom. The number of nitrogens with one attached hydrogen (secondary N) is 1. The molecular formula is C10H12ClN5O5. The number of aliphatic hydroxyl groups is 3. The van der Waals surface area contributed by atoms with Crippen molar-refractivity contribution in [2.75, 3.05) is 12.3 Å². The van der Waals surface area contributed by atoms with Crippen molar-refractivity contribution in [2.45, 2.75) is 24.5 Å². The first kappa shape index (κ1) is 14.2. The molecule has 21 heavy (non-hydrogen) atoms. The second-order valence-electron chi connectivity index (χ2n) is 4.60. The molecule has 0 spiro atoms. The second kappa shape index (κ2) is 4.93. The van der Waals surface area contributed by atoms with E-state index in [1.165, 1.54) is 0 Å². The van der Waals surface area contributed by atoms with Gasteiger partial charge >= 0.3 is 0 Å². The maximum Gasteiger partial charge on any atom is 0.280 e. The summed E-state index contributed by atoms with van der Waals surface area (Å²) in [4.78, 5) is 21.8. The van der Waals surface area contributed by atoms with Crippen molar-refractivity contribution in [1.29, 1.82) is 0 Å². The van der Waals surface area contributed by atoms with Crippen molar-refractivity contribution >= 4 is 28.7 Å². The number of aliphatic hydroxyl groups excluding tert-OH is 3. The predicted octanol–water partition coefficient (Wildman–Crippen LogP) is -2.03. The molecule has 0 amide bonds. The van der Waals surface area contributed by atoms with Gasteiger partial charge in [0.25, 0.3) is 5.56 Å². The molecule has 1 aliphatic rings. The Labute approximate surface area is 121 Å². The molecule has 11 heteroatoms. The van der Waals surface area contributed by atoms with Gasteiger partial charge < -0.3 is 25.8 Å². The number of nitrogens with zero attached hydrogens (tertiary/aromatic N) is 3. The van der Waals surface area contributed by atoms with E-state index in [2.05, 4.69) is 15.0 Å². The molecule has 1 saturated heterocycles. The van der Waals surface area contributed by atoms with Crippen LogP contribution in [-0.2, 0) is 4.74 Å². The number of nitrogens with two attached hydrogens (primary N) is 1. The molecule has 114 valence electrons. The predicted molar refractivity (Wildman–Crippen MR) is 70.6 cm³/mol. The maximum absolute atomic E-state index is 11.7. The Balaban J connectivity index is 2.17. The van der Waals surface area contributed by atoms with Crippen molar-refractivity contribution in [3.63, 3.8) is 0 Å². The van der Waals surface area contributed by atoms with Crippen molar-refractivity contribution < 1.29 is 20.1 Å². The number of hydrogen-bond donors (Lipinski definition) is 5. The molecule has 2 aromatic rings. The third kappa shape index (κ3) is 2.08.